The van der Waals surface area contributed by atoms with Crippen LogP contribution in [-0.4, -0.2) is 33.9 Å². The fourth-order valence-electron chi connectivity index (χ4n) is 3.82. The van der Waals surface area contributed by atoms with Gasteiger partial charge in [0.1, 0.15) is 5.82 Å². The van der Waals surface area contributed by atoms with Crippen LogP contribution in [0.25, 0.3) is 11.3 Å². The van der Waals surface area contributed by atoms with E-state index in [1.165, 1.54) is 17.7 Å². The van der Waals surface area contributed by atoms with Crippen LogP contribution in [0.4, 0.5) is 4.39 Å². The maximum atomic E-state index is 13.2. The van der Waals surface area contributed by atoms with E-state index in [1.54, 1.807) is 24.5 Å². The molecule has 1 atom stereocenters. The average molecular weight is 375 g/mol. The second-order valence-electron chi connectivity index (χ2n) is 7.26. The molecule has 1 aromatic heterocycles. The van der Waals surface area contributed by atoms with Crippen LogP contribution in [0.5, 0.6) is 0 Å². The summed E-state index contributed by atoms with van der Waals surface area (Å²) in [7, 11) is 0. The fraction of sp³-hybridized carbons (Fsp3) is 0.261. The van der Waals surface area contributed by atoms with E-state index in [0.29, 0.717) is 18.7 Å². The standard InChI is InChI=1S/C23H22FN3O/c1-16-4-2-5-18(14-16)21-22(26-12-11-25-21)19-6-3-13-27(15-19)23(28)17-7-9-20(24)10-8-17/h2,4-5,7-12,14,19H,3,6,13,15H2,1H3/t19-/m0/s1. The van der Waals surface area contributed by atoms with Crippen molar-refractivity contribution < 1.29 is 9.18 Å². The molecule has 1 aliphatic heterocycles. The van der Waals surface area contributed by atoms with Gasteiger partial charge in [0.2, 0.25) is 0 Å². The molecule has 3 aromatic rings. The lowest BCUT2D eigenvalue weighted by Crippen LogP contribution is -2.39. The lowest BCUT2D eigenvalue weighted by molar-refractivity contribution is 0.0706. The monoisotopic (exact) mass is 375 g/mol. The van der Waals surface area contributed by atoms with Crippen molar-refractivity contribution in [2.45, 2.75) is 25.7 Å². The first kappa shape index (κ1) is 18.3. The van der Waals surface area contributed by atoms with Gasteiger partial charge in [-0.15, -0.1) is 0 Å². The molecule has 0 saturated carbocycles. The van der Waals surface area contributed by atoms with Crippen LogP contribution in [0.1, 0.15) is 40.4 Å². The number of carbonyl (C=O) groups excluding carboxylic acids is 1. The van der Waals surface area contributed by atoms with Gasteiger partial charge in [0.25, 0.3) is 5.91 Å². The number of piperidine rings is 1. The summed E-state index contributed by atoms with van der Waals surface area (Å²) in [6.07, 6.45) is 5.30. The normalized spacial score (nSPS) is 16.8. The highest BCUT2D eigenvalue weighted by Gasteiger charge is 2.28. The van der Waals surface area contributed by atoms with Crippen molar-refractivity contribution in [3.8, 4) is 11.3 Å². The van der Waals surface area contributed by atoms with Crippen molar-refractivity contribution in [3.05, 3.63) is 83.6 Å². The molecule has 142 valence electrons. The molecule has 0 radical (unpaired) electrons. The molecule has 4 rings (SSSR count). The molecular weight excluding hydrogens is 353 g/mol. The van der Waals surface area contributed by atoms with Gasteiger partial charge in [0, 0.05) is 42.5 Å². The van der Waals surface area contributed by atoms with Gasteiger partial charge in [0.15, 0.2) is 0 Å². The number of benzene rings is 2. The summed E-state index contributed by atoms with van der Waals surface area (Å²) in [4.78, 5) is 23.9. The molecule has 0 aliphatic carbocycles. The Balaban J connectivity index is 1.60. The lowest BCUT2D eigenvalue weighted by Gasteiger charge is -2.33. The average Bonchev–Trinajstić information content (AvgIpc) is 2.74. The third kappa shape index (κ3) is 3.79. The summed E-state index contributed by atoms with van der Waals surface area (Å²) in [5.41, 5.74) is 4.55. The highest BCUT2D eigenvalue weighted by molar-refractivity contribution is 5.94. The van der Waals surface area contributed by atoms with Crippen LogP contribution in [0.2, 0.25) is 0 Å². The van der Waals surface area contributed by atoms with Gasteiger partial charge < -0.3 is 4.90 Å². The van der Waals surface area contributed by atoms with Crippen LogP contribution in [0.3, 0.4) is 0 Å². The molecule has 5 heteroatoms. The third-order valence-corrected chi connectivity index (χ3v) is 5.20. The Bertz CT molecular complexity index is 987. The summed E-state index contributed by atoms with van der Waals surface area (Å²) in [5.74, 6) is -0.275. The fourth-order valence-corrected chi connectivity index (χ4v) is 3.82. The summed E-state index contributed by atoms with van der Waals surface area (Å²) >= 11 is 0. The van der Waals surface area contributed by atoms with Crippen molar-refractivity contribution in [1.82, 2.24) is 14.9 Å². The van der Waals surface area contributed by atoms with Crippen LogP contribution in [0, 0.1) is 12.7 Å². The molecule has 0 spiro atoms. The quantitative estimate of drug-likeness (QED) is 0.671. The largest absolute Gasteiger partial charge is 0.338 e. The van der Waals surface area contributed by atoms with Gasteiger partial charge in [-0.2, -0.15) is 0 Å². The van der Waals surface area contributed by atoms with Crippen molar-refractivity contribution in [2.75, 3.05) is 13.1 Å². The molecule has 1 fully saturated rings. The van der Waals surface area contributed by atoms with Gasteiger partial charge in [0.05, 0.1) is 11.4 Å². The number of nitrogens with zero attached hydrogens (tertiary/aromatic N) is 3. The van der Waals surface area contributed by atoms with E-state index < -0.39 is 0 Å². The van der Waals surface area contributed by atoms with Gasteiger partial charge in [-0.05, 0) is 50.1 Å². The van der Waals surface area contributed by atoms with E-state index in [4.69, 9.17) is 0 Å². The Morgan fingerprint density at radius 3 is 2.68 bits per heavy atom. The van der Waals surface area contributed by atoms with E-state index in [2.05, 4.69) is 29.0 Å². The van der Waals surface area contributed by atoms with Crippen molar-refractivity contribution in [2.24, 2.45) is 0 Å². The maximum Gasteiger partial charge on any atom is 0.253 e. The third-order valence-electron chi connectivity index (χ3n) is 5.20. The smallest absolute Gasteiger partial charge is 0.253 e. The van der Waals surface area contributed by atoms with Crippen LogP contribution < -0.4 is 0 Å². The first-order valence-electron chi connectivity index (χ1n) is 9.54. The predicted octanol–water partition coefficient (Wildman–Crippen LogP) is 4.61. The molecule has 1 amide bonds. The molecule has 0 N–H and O–H groups in total. The Morgan fingerprint density at radius 1 is 1.11 bits per heavy atom. The number of carbonyl (C=O) groups is 1. The van der Waals surface area contributed by atoms with Gasteiger partial charge in [-0.3, -0.25) is 14.8 Å². The number of aromatic nitrogens is 2. The molecule has 2 heterocycles. The molecule has 0 unspecified atom stereocenters. The van der Waals surface area contributed by atoms with Gasteiger partial charge in [-0.1, -0.05) is 23.8 Å². The molecule has 1 saturated heterocycles. The van der Waals surface area contributed by atoms with E-state index in [1.807, 2.05) is 17.0 Å². The van der Waals surface area contributed by atoms with E-state index >= 15 is 0 Å². The minimum Gasteiger partial charge on any atom is -0.338 e. The van der Waals surface area contributed by atoms with Gasteiger partial charge >= 0.3 is 0 Å². The summed E-state index contributed by atoms with van der Waals surface area (Å²) in [6.45, 7) is 3.35. The van der Waals surface area contributed by atoms with Crippen molar-refractivity contribution >= 4 is 5.91 Å². The molecule has 1 aliphatic rings. The van der Waals surface area contributed by atoms with E-state index in [9.17, 15) is 9.18 Å². The Morgan fingerprint density at radius 2 is 1.89 bits per heavy atom. The Labute approximate surface area is 164 Å². The number of likely N-dealkylation sites (tertiary alicyclic amines) is 1. The van der Waals surface area contributed by atoms with Crippen LogP contribution in [0.15, 0.2) is 60.9 Å². The molecule has 0 bridgehead atoms. The molecular formula is C23H22FN3O. The van der Waals surface area contributed by atoms with Crippen molar-refractivity contribution in [1.29, 1.82) is 0 Å². The highest BCUT2D eigenvalue weighted by atomic mass is 19.1. The second-order valence-corrected chi connectivity index (χ2v) is 7.26. The summed E-state index contributed by atoms with van der Waals surface area (Å²) in [6, 6.07) is 14.0. The minimum absolute atomic E-state index is 0.0642. The number of hydrogen-bond donors (Lipinski definition) is 0. The van der Waals surface area contributed by atoms with Crippen molar-refractivity contribution in [3.63, 3.8) is 0 Å². The van der Waals surface area contributed by atoms with Crippen LogP contribution >= 0.6 is 0 Å². The second kappa shape index (κ2) is 7.89. The highest BCUT2D eigenvalue weighted by Crippen LogP contribution is 2.32. The molecule has 28 heavy (non-hydrogen) atoms. The zero-order valence-electron chi connectivity index (χ0n) is 15.8. The number of amides is 1. The number of halogens is 1. The first-order valence-corrected chi connectivity index (χ1v) is 9.54. The molecule has 4 nitrogen and oxygen atoms in total. The SMILES string of the molecule is Cc1cccc(-c2nccnc2[C@H]2CCCN(C(=O)c3ccc(F)cc3)C2)c1. The minimum atomic E-state index is -0.338. The van der Waals surface area contributed by atoms with Gasteiger partial charge in [-0.25, -0.2) is 4.39 Å². The first-order chi connectivity index (χ1) is 13.6. The summed E-state index contributed by atoms with van der Waals surface area (Å²) < 4.78 is 13.2. The summed E-state index contributed by atoms with van der Waals surface area (Å²) in [5, 5.41) is 0. The maximum absolute atomic E-state index is 13.2. The number of rotatable bonds is 3. The van der Waals surface area contributed by atoms with Crippen LogP contribution in [-0.2, 0) is 0 Å². The Hall–Kier alpha value is -3.08. The predicted molar refractivity (Wildman–Crippen MR) is 106 cm³/mol. The van der Waals surface area contributed by atoms with E-state index in [0.717, 1.165) is 29.8 Å². The lowest BCUT2D eigenvalue weighted by atomic mass is 9.91. The zero-order chi connectivity index (χ0) is 19.5. The Kier molecular flexibility index (Phi) is 5.15. The molecule has 2 aromatic carbocycles. The number of aryl methyl sites for hydroxylation is 1. The number of hydrogen-bond acceptors (Lipinski definition) is 3. The topological polar surface area (TPSA) is 46.1 Å². The van der Waals surface area contributed by atoms with E-state index in [-0.39, 0.29) is 17.6 Å². The zero-order valence-corrected chi connectivity index (χ0v) is 15.8.